The minimum Gasteiger partial charge on any atom is -0.396 e. The van der Waals surface area contributed by atoms with Gasteiger partial charge in [0.1, 0.15) is 0 Å². The number of carbonyl (C=O) groups excluding carboxylic acids is 2. The molecule has 2 heterocycles. The third-order valence-corrected chi connectivity index (χ3v) is 4.13. The molecule has 0 aliphatic carbocycles. The fourth-order valence-corrected chi connectivity index (χ4v) is 2.91. The van der Waals surface area contributed by atoms with Crippen molar-refractivity contribution in [2.75, 3.05) is 32.8 Å². The number of carbonyl (C=O) groups is 2. The largest absolute Gasteiger partial charge is 0.396 e. The van der Waals surface area contributed by atoms with Crippen molar-refractivity contribution in [2.24, 2.45) is 5.92 Å². The molecule has 2 fully saturated rings. The van der Waals surface area contributed by atoms with Crippen LogP contribution in [0.5, 0.6) is 0 Å². The summed E-state index contributed by atoms with van der Waals surface area (Å²) in [5.74, 6) is 0.354. The molecule has 19 heavy (non-hydrogen) atoms. The van der Waals surface area contributed by atoms with Crippen molar-refractivity contribution in [3.05, 3.63) is 0 Å². The third-order valence-electron chi connectivity index (χ3n) is 4.13. The van der Waals surface area contributed by atoms with Gasteiger partial charge in [0.15, 0.2) is 0 Å². The fraction of sp³-hybridized carbons (Fsp3) is 0.857. The Labute approximate surface area is 114 Å². The monoisotopic (exact) mass is 268 g/mol. The van der Waals surface area contributed by atoms with Crippen LogP contribution in [0.1, 0.15) is 38.5 Å². The van der Waals surface area contributed by atoms with Gasteiger partial charge < -0.3 is 14.9 Å². The van der Waals surface area contributed by atoms with Crippen LogP contribution >= 0.6 is 0 Å². The van der Waals surface area contributed by atoms with Gasteiger partial charge in [-0.15, -0.1) is 0 Å². The van der Waals surface area contributed by atoms with Crippen molar-refractivity contribution in [3.63, 3.8) is 0 Å². The predicted molar refractivity (Wildman–Crippen MR) is 71.4 cm³/mol. The van der Waals surface area contributed by atoms with Crippen molar-refractivity contribution < 1.29 is 14.7 Å². The summed E-state index contributed by atoms with van der Waals surface area (Å²) in [6.45, 7) is 2.47. The molecule has 0 aromatic rings. The molecule has 1 unspecified atom stereocenters. The number of hydrogen-bond donors (Lipinski definition) is 1. The maximum atomic E-state index is 12.2. The quantitative estimate of drug-likeness (QED) is 0.816. The molecule has 5 heteroatoms. The van der Waals surface area contributed by atoms with Crippen LogP contribution in [0.3, 0.4) is 0 Å². The van der Waals surface area contributed by atoms with Crippen molar-refractivity contribution in [3.8, 4) is 0 Å². The molecule has 0 radical (unpaired) electrons. The second-order valence-corrected chi connectivity index (χ2v) is 5.66. The van der Waals surface area contributed by atoms with Crippen LogP contribution in [0.2, 0.25) is 0 Å². The van der Waals surface area contributed by atoms with Gasteiger partial charge in [-0.05, 0) is 31.6 Å². The van der Waals surface area contributed by atoms with Gasteiger partial charge in [-0.3, -0.25) is 9.59 Å². The van der Waals surface area contributed by atoms with Gasteiger partial charge in [-0.1, -0.05) is 6.42 Å². The number of likely N-dealkylation sites (tertiary alicyclic amines) is 2. The summed E-state index contributed by atoms with van der Waals surface area (Å²) < 4.78 is 0. The van der Waals surface area contributed by atoms with Crippen LogP contribution in [0.15, 0.2) is 0 Å². The third kappa shape index (κ3) is 3.93. The average molecular weight is 268 g/mol. The van der Waals surface area contributed by atoms with Gasteiger partial charge in [0, 0.05) is 32.7 Å². The first-order valence-corrected chi connectivity index (χ1v) is 7.37. The first kappa shape index (κ1) is 14.3. The number of piperidine rings is 1. The van der Waals surface area contributed by atoms with E-state index < -0.39 is 0 Å². The summed E-state index contributed by atoms with van der Waals surface area (Å²) in [7, 11) is 0. The summed E-state index contributed by atoms with van der Waals surface area (Å²) in [6.07, 6.45) is 5.53. The van der Waals surface area contributed by atoms with E-state index in [1.165, 1.54) is 0 Å². The Morgan fingerprint density at radius 2 is 2.05 bits per heavy atom. The zero-order valence-corrected chi connectivity index (χ0v) is 11.5. The normalized spacial score (nSPS) is 25.3. The Bertz CT molecular complexity index is 333. The number of amides is 2. The highest BCUT2D eigenvalue weighted by molar-refractivity contribution is 5.85. The van der Waals surface area contributed by atoms with Crippen LogP contribution < -0.4 is 0 Å². The second kappa shape index (κ2) is 6.89. The highest BCUT2D eigenvalue weighted by Gasteiger charge is 2.26. The number of rotatable bonds is 3. The van der Waals surface area contributed by atoms with E-state index in [1.54, 1.807) is 4.90 Å². The molecule has 1 N–H and O–H groups in total. The molecule has 0 spiro atoms. The Morgan fingerprint density at radius 3 is 2.84 bits per heavy atom. The Hall–Kier alpha value is -1.10. The van der Waals surface area contributed by atoms with E-state index in [9.17, 15) is 14.7 Å². The summed E-state index contributed by atoms with van der Waals surface area (Å²) in [4.78, 5) is 27.6. The van der Waals surface area contributed by atoms with Gasteiger partial charge in [-0.2, -0.15) is 0 Å². The Kier molecular flexibility index (Phi) is 5.19. The molecule has 0 bridgehead atoms. The summed E-state index contributed by atoms with van der Waals surface area (Å²) in [5.41, 5.74) is 0. The molecular weight excluding hydrogens is 244 g/mol. The average Bonchev–Trinajstić information content (AvgIpc) is 2.64. The van der Waals surface area contributed by atoms with Crippen LogP contribution in [-0.2, 0) is 9.59 Å². The van der Waals surface area contributed by atoms with Gasteiger partial charge in [-0.25, -0.2) is 0 Å². The van der Waals surface area contributed by atoms with E-state index in [-0.39, 0.29) is 30.9 Å². The van der Waals surface area contributed by atoms with Crippen LogP contribution in [0.25, 0.3) is 0 Å². The van der Waals surface area contributed by atoms with E-state index in [2.05, 4.69) is 0 Å². The molecular formula is C14H24N2O3. The molecule has 2 saturated heterocycles. The maximum Gasteiger partial charge on any atom is 0.242 e. The molecule has 0 aromatic heterocycles. The van der Waals surface area contributed by atoms with Crippen LogP contribution in [0, 0.1) is 5.92 Å². The summed E-state index contributed by atoms with van der Waals surface area (Å²) in [6, 6.07) is 0. The van der Waals surface area contributed by atoms with Crippen LogP contribution in [0.4, 0.5) is 0 Å². The number of aliphatic hydroxyl groups is 1. The lowest BCUT2D eigenvalue weighted by Gasteiger charge is -2.33. The predicted octanol–water partition coefficient (Wildman–Crippen LogP) is 0.620. The van der Waals surface area contributed by atoms with E-state index in [4.69, 9.17) is 0 Å². The van der Waals surface area contributed by atoms with E-state index in [0.717, 1.165) is 38.6 Å². The molecule has 2 rings (SSSR count). The molecule has 1 atom stereocenters. The molecule has 108 valence electrons. The highest BCUT2D eigenvalue weighted by atomic mass is 16.3. The highest BCUT2D eigenvalue weighted by Crippen LogP contribution is 2.17. The van der Waals surface area contributed by atoms with E-state index in [0.29, 0.717) is 19.5 Å². The molecule has 0 aromatic carbocycles. The zero-order valence-electron chi connectivity index (χ0n) is 11.5. The lowest BCUT2D eigenvalue weighted by atomic mass is 9.99. The lowest BCUT2D eigenvalue weighted by molar-refractivity contribution is -0.141. The fourth-order valence-electron chi connectivity index (χ4n) is 2.91. The standard InChI is InChI=1S/C14H24N2O3/c17-11-12-5-4-8-15(9-12)14(19)10-16-7-3-1-2-6-13(16)18/h12,17H,1-11H2. The maximum absolute atomic E-state index is 12.2. The van der Waals surface area contributed by atoms with Gasteiger partial charge in [0.05, 0.1) is 6.54 Å². The van der Waals surface area contributed by atoms with Crippen molar-refractivity contribution in [2.45, 2.75) is 38.5 Å². The van der Waals surface area contributed by atoms with Crippen molar-refractivity contribution in [1.29, 1.82) is 0 Å². The molecule has 2 aliphatic heterocycles. The van der Waals surface area contributed by atoms with Crippen LogP contribution in [-0.4, -0.2) is 59.5 Å². The molecule has 2 aliphatic rings. The molecule has 0 saturated carbocycles. The Morgan fingerprint density at radius 1 is 1.21 bits per heavy atom. The van der Waals surface area contributed by atoms with Crippen molar-refractivity contribution in [1.82, 2.24) is 9.80 Å². The number of nitrogens with zero attached hydrogens (tertiary/aromatic N) is 2. The first-order valence-electron chi connectivity index (χ1n) is 7.37. The molecule has 5 nitrogen and oxygen atoms in total. The number of aliphatic hydroxyl groups excluding tert-OH is 1. The number of hydrogen-bond acceptors (Lipinski definition) is 3. The molecule has 2 amide bonds. The van der Waals surface area contributed by atoms with Gasteiger partial charge in [0.25, 0.3) is 0 Å². The lowest BCUT2D eigenvalue weighted by Crippen LogP contribution is -2.47. The first-order chi connectivity index (χ1) is 9.20. The minimum atomic E-state index is 0.0356. The summed E-state index contributed by atoms with van der Waals surface area (Å²) >= 11 is 0. The minimum absolute atomic E-state index is 0.0356. The van der Waals surface area contributed by atoms with Gasteiger partial charge >= 0.3 is 0 Å². The second-order valence-electron chi connectivity index (χ2n) is 5.66. The van der Waals surface area contributed by atoms with Gasteiger partial charge in [0.2, 0.25) is 11.8 Å². The van der Waals surface area contributed by atoms with E-state index >= 15 is 0 Å². The van der Waals surface area contributed by atoms with Crippen molar-refractivity contribution >= 4 is 11.8 Å². The smallest absolute Gasteiger partial charge is 0.242 e. The summed E-state index contributed by atoms with van der Waals surface area (Å²) in [5, 5.41) is 9.19. The topological polar surface area (TPSA) is 60.9 Å². The Balaban J connectivity index is 1.87. The zero-order chi connectivity index (χ0) is 13.7. The van der Waals surface area contributed by atoms with E-state index in [1.807, 2.05) is 4.90 Å². The SMILES string of the molecule is O=C1CCCCCN1CC(=O)N1CCCC(CO)C1.